The van der Waals surface area contributed by atoms with Gasteiger partial charge in [0.05, 0.1) is 5.92 Å². The van der Waals surface area contributed by atoms with E-state index in [0.717, 1.165) is 41.2 Å². The summed E-state index contributed by atoms with van der Waals surface area (Å²) in [5.74, 6) is -0.144. The molecule has 1 saturated heterocycles. The molecule has 0 unspecified atom stereocenters. The second-order valence-electron chi connectivity index (χ2n) is 9.74. The van der Waals surface area contributed by atoms with E-state index >= 15 is 0 Å². The maximum atomic E-state index is 13.7. The van der Waals surface area contributed by atoms with Crippen molar-refractivity contribution in [2.45, 2.75) is 12.8 Å². The molecule has 6 rings (SSSR count). The van der Waals surface area contributed by atoms with Gasteiger partial charge in [0.25, 0.3) is 5.91 Å². The average molecular weight is 488 g/mol. The molecule has 1 aliphatic heterocycles. The van der Waals surface area contributed by atoms with Crippen molar-refractivity contribution in [3.05, 3.63) is 119 Å². The third-order valence-corrected chi connectivity index (χ3v) is 7.55. The third-order valence-electron chi connectivity index (χ3n) is 7.55. The number of anilines is 2. The van der Waals surface area contributed by atoms with Crippen molar-refractivity contribution in [3.8, 4) is 11.1 Å². The first-order chi connectivity index (χ1) is 18.1. The Labute approximate surface area is 217 Å². The summed E-state index contributed by atoms with van der Waals surface area (Å²) in [5, 5.41) is 2.99. The SMILES string of the molecule is Cc1ccccc1C(=O)Nc1ccc(N2CCN(C(=O)C3c4ccccc4-c4ccccc43)CC2)cc1. The Balaban J connectivity index is 1.11. The molecule has 2 aliphatic rings. The number of carbonyl (C=O) groups is 2. The van der Waals surface area contributed by atoms with Gasteiger partial charge in [-0.25, -0.2) is 0 Å². The van der Waals surface area contributed by atoms with Crippen molar-refractivity contribution in [2.75, 3.05) is 36.4 Å². The third kappa shape index (κ3) is 4.27. The van der Waals surface area contributed by atoms with Crippen LogP contribution in [-0.4, -0.2) is 42.9 Å². The lowest BCUT2D eigenvalue weighted by molar-refractivity contribution is -0.132. The smallest absolute Gasteiger partial charge is 0.255 e. The molecule has 0 bridgehead atoms. The number of nitrogens with one attached hydrogen (secondary N) is 1. The average Bonchev–Trinajstić information content (AvgIpc) is 3.28. The van der Waals surface area contributed by atoms with E-state index in [9.17, 15) is 9.59 Å². The lowest BCUT2D eigenvalue weighted by Gasteiger charge is -2.37. The number of hydrogen-bond acceptors (Lipinski definition) is 3. The van der Waals surface area contributed by atoms with E-state index in [0.29, 0.717) is 18.7 Å². The molecular weight excluding hydrogens is 458 g/mol. The van der Waals surface area contributed by atoms with E-state index in [-0.39, 0.29) is 17.7 Å². The molecule has 0 radical (unpaired) electrons. The van der Waals surface area contributed by atoms with Gasteiger partial charge in [-0.05, 0) is 65.1 Å². The van der Waals surface area contributed by atoms with Crippen LogP contribution in [-0.2, 0) is 4.79 Å². The van der Waals surface area contributed by atoms with Gasteiger partial charge in [-0.15, -0.1) is 0 Å². The molecule has 4 aromatic carbocycles. The zero-order valence-corrected chi connectivity index (χ0v) is 20.9. The lowest BCUT2D eigenvalue weighted by Crippen LogP contribution is -2.50. The molecule has 1 aliphatic carbocycles. The van der Waals surface area contributed by atoms with Crippen LogP contribution in [0.3, 0.4) is 0 Å². The van der Waals surface area contributed by atoms with Crippen LogP contribution in [0.15, 0.2) is 97.1 Å². The molecule has 1 heterocycles. The second-order valence-corrected chi connectivity index (χ2v) is 9.74. The molecule has 0 atom stereocenters. The standard InChI is InChI=1S/C32H29N3O2/c1-22-8-2-3-9-25(22)31(36)33-23-14-16-24(17-15-23)34-18-20-35(21-19-34)32(37)30-28-12-6-4-10-26(28)27-11-5-7-13-29(27)30/h2-17,30H,18-21H2,1H3,(H,33,36). The fraction of sp³-hybridized carbons (Fsp3) is 0.188. The molecule has 37 heavy (non-hydrogen) atoms. The maximum Gasteiger partial charge on any atom is 0.255 e. The minimum Gasteiger partial charge on any atom is -0.368 e. The Bertz CT molecular complexity index is 1420. The molecule has 5 heteroatoms. The minimum absolute atomic E-state index is 0.104. The van der Waals surface area contributed by atoms with Gasteiger partial charge >= 0.3 is 0 Å². The summed E-state index contributed by atoms with van der Waals surface area (Å²) in [6.45, 7) is 4.86. The van der Waals surface area contributed by atoms with Gasteiger partial charge in [0.15, 0.2) is 0 Å². The summed E-state index contributed by atoms with van der Waals surface area (Å²) in [5.41, 5.74) is 8.06. The van der Waals surface area contributed by atoms with Crippen LogP contribution in [0.1, 0.15) is 33.0 Å². The summed E-state index contributed by atoms with van der Waals surface area (Å²) in [7, 11) is 0. The molecule has 0 saturated carbocycles. The Hall–Kier alpha value is -4.38. The number of hydrogen-bond donors (Lipinski definition) is 1. The molecule has 0 spiro atoms. The summed E-state index contributed by atoms with van der Waals surface area (Å²) >= 11 is 0. The molecule has 184 valence electrons. The first-order valence-corrected chi connectivity index (χ1v) is 12.8. The summed E-state index contributed by atoms with van der Waals surface area (Å²) < 4.78 is 0. The topological polar surface area (TPSA) is 52.7 Å². The van der Waals surface area contributed by atoms with Crippen molar-refractivity contribution in [2.24, 2.45) is 0 Å². The van der Waals surface area contributed by atoms with Crippen LogP contribution in [0.25, 0.3) is 11.1 Å². The van der Waals surface area contributed by atoms with Crippen LogP contribution < -0.4 is 10.2 Å². The molecule has 2 amide bonds. The Kier molecular flexibility index (Phi) is 5.97. The lowest BCUT2D eigenvalue weighted by atomic mass is 9.95. The highest BCUT2D eigenvalue weighted by atomic mass is 16.2. The highest BCUT2D eigenvalue weighted by Gasteiger charge is 2.36. The van der Waals surface area contributed by atoms with Crippen molar-refractivity contribution in [1.29, 1.82) is 0 Å². The Morgan fingerprint density at radius 2 is 1.27 bits per heavy atom. The zero-order chi connectivity index (χ0) is 25.4. The van der Waals surface area contributed by atoms with Gasteiger partial charge in [-0.3, -0.25) is 9.59 Å². The van der Waals surface area contributed by atoms with Crippen molar-refractivity contribution >= 4 is 23.2 Å². The van der Waals surface area contributed by atoms with Gasteiger partial charge in [-0.1, -0.05) is 66.7 Å². The Morgan fingerprint density at radius 3 is 1.89 bits per heavy atom. The van der Waals surface area contributed by atoms with Crippen molar-refractivity contribution in [1.82, 2.24) is 4.90 Å². The Morgan fingerprint density at radius 1 is 0.703 bits per heavy atom. The molecule has 1 N–H and O–H groups in total. The number of amides is 2. The normalized spacial score (nSPS) is 14.7. The first-order valence-electron chi connectivity index (χ1n) is 12.8. The predicted octanol–water partition coefficient (Wildman–Crippen LogP) is 5.71. The zero-order valence-electron chi connectivity index (χ0n) is 20.9. The van der Waals surface area contributed by atoms with Crippen LogP contribution >= 0.6 is 0 Å². The number of benzene rings is 4. The van der Waals surface area contributed by atoms with E-state index < -0.39 is 0 Å². The molecule has 5 nitrogen and oxygen atoms in total. The van der Waals surface area contributed by atoms with Gasteiger partial charge in [0, 0.05) is 43.1 Å². The summed E-state index contributed by atoms with van der Waals surface area (Å²) in [6, 6.07) is 32.1. The highest BCUT2D eigenvalue weighted by molar-refractivity contribution is 6.05. The molecule has 0 aromatic heterocycles. The van der Waals surface area contributed by atoms with E-state index in [1.807, 2.05) is 84.6 Å². The number of piperazine rings is 1. The summed E-state index contributed by atoms with van der Waals surface area (Å²) in [4.78, 5) is 30.7. The minimum atomic E-state index is -0.227. The molecule has 4 aromatic rings. The van der Waals surface area contributed by atoms with Gasteiger partial charge in [0.2, 0.25) is 5.91 Å². The summed E-state index contributed by atoms with van der Waals surface area (Å²) in [6.07, 6.45) is 0. The predicted molar refractivity (Wildman–Crippen MR) is 148 cm³/mol. The van der Waals surface area contributed by atoms with Crippen LogP contribution in [0, 0.1) is 6.92 Å². The fourth-order valence-electron chi connectivity index (χ4n) is 5.57. The van der Waals surface area contributed by atoms with Crippen LogP contribution in [0.5, 0.6) is 0 Å². The van der Waals surface area contributed by atoms with Crippen LogP contribution in [0.2, 0.25) is 0 Å². The number of fused-ring (bicyclic) bond motifs is 3. The van der Waals surface area contributed by atoms with Gasteiger partial charge in [0.1, 0.15) is 0 Å². The van der Waals surface area contributed by atoms with Crippen molar-refractivity contribution in [3.63, 3.8) is 0 Å². The van der Waals surface area contributed by atoms with Crippen LogP contribution in [0.4, 0.5) is 11.4 Å². The maximum absolute atomic E-state index is 13.7. The quantitative estimate of drug-likeness (QED) is 0.401. The number of carbonyl (C=O) groups excluding carboxylic acids is 2. The van der Waals surface area contributed by atoms with Crippen molar-refractivity contribution < 1.29 is 9.59 Å². The van der Waals surface area contributed by atoms with E-state index in [4.69, 9.17) is 0 Å². The number of rotatable bonds is 4. The second kappa shape index (κ2) is 9.58. The first kappa shape index (κ1) is 23.0. The van der Waals surface area contributed by atoms with E-state index in [2.05, 4.69) is 34.5 Å². The van der Waals surface area contributed by atoms with E-state index in [1.165, 1.54) is 11.1 Å². The monoisotopic (exact) mass is 487 g/mol. The number of nitrogens with zero attached hydrogens (tertiary/aromatic N) is 2. The largest absolute Gasteiger partial charge is 0.368 e. The molecule has 1 fully saturated rings. The number of aryl methyl sites for hydroxylation is 1. The van der Waals surface area contributed by atoms with Gasteiger partial charge < -0.3 is 15.1 Å². The van der Waals surface area contributed by atoms with Gasteiger partial charge in [-0.2, -0.15) is 0 Å². The van der Waals surface area contributed by atoms with E-state index in [1.54, 1.807) is 0 Å². The highest BCUT2D eigenvalue weighted by Crippen LogP contribution is 2.45. The molecular formula is C32H29N3O2. The fourth-order valence-corrected chi connectivity index (χ4v) is 5.57.